The van der Waals surface area contributed by atoms with Gasteiger partial charge in [0.15, 0.2) is 0 Å². The highest BCUT2D eigenvalue weighted by Gasteiger charge is 2.51. The van der Waals surface area contributed by atoms with E-state index in [1.165, 1.54) is 22.0 Å². The lowest BCUT2D eigenvalue weighted by atomic mass is 9.98. The van der Waals surface area contributed by atoms with E-state index in [-0.39, 0.29) is 55.9 Å². The number of nitrogens with zero attached hydrogens (tertiary/aromatic N) is 4. The van der Waals surface area contributed by atoms with Crippen LogP contribution in [-0.2, 0) is 27.3 Å². The van der Waals surface area contributed by atoms with Gasteiger partial charge in [-0.3, -0.25) is 14.4 Å². The highest BCUT2D eigenvalue weighted by molar-refractivity contribution is 5.91. The Kier molecular flexibility index (Phi) is 9.39. The molecule has 11 heteroatoms. The molecule has 2 heterocycles. The van der Waals surface area contributed by atoms with Crippen molar-refractivity contribution >= 4 is 23.8 Å². The lowest BCUT2D eigenvalue weighted by Crippen LogP contribution is -2.76. The van der Waals surface area contributed by atoms with E-state index < -0.39 is 18.2 Å². The predicted molar refractivity (Wildman–Crippen MR) is 148 cm³/mol. The molecule has 40 heavy (non-hydrogen) atoms. The molecule has 2 saturated heterocycles. The third-order valence-electron chi connectivity index (χ3n) is 7.14. The van der Waals surface area contributed by atoms with Crippen LogP contribution in [0, 0.1) is 0 Å². The van der Waals surface area contributed by atoms with Crippen molar-refractivity contribution in [3.05, 3.63) is 78.4 Å². The Morgan fingerprint density at radius 2 is 1.80 bits per heavy atom. The summed E-state index contributed by atoms with van der Waals surface area (Å²) in [6.45, 7) is 4.68. The van der Waals surface area contributed by atoms with Crippen molar-refractivity contribution in [3.8, 4) is 5.75 Å². The summed E-state index contributed by atoms with van der Waals surface area (Å²) < 4.78 is 0. The molecule has 4 rings (SSSR count). The molecule has 0 bridgehead atoms. The minimum atomic E-state index is -0.855. The first kappa shape index (κ1) is 28.6. The van der Waals surface area contributed by atoms with E-state index in [1.54, 1.807) is 35.2 Å². The van der Waals surface area contributed by atoms with Crippen molar-refractivity contribution in [1.29, 1.82) is 0 Å². The highest BCUT2D eigenvalue weighted by Crippen LogP contribution is 2.29. The Hall–Kier alpha value is -4.38. The fourth-order valence-corrected chi connectivity index (χ4v) is 5.17. The molecule has 5 amide bonds. The Morgan fingerprint density at radius 1 is 1.07 bits per heavy atom. The zero-order valence-corrected chi connectivity index (χ0v) is 22.7. The summed E-state index contributed by atoms with van der Waals surface area (Å²) in [6.07, 6.45) is 1.78. The van der Waals surface area contributed by atoms with Crippen LogP contribution in [0.4, 0.5) is 4.79 Å². The number of rotatable bonds is 10. The minimum Gasteiger partial charge on any atom is -0.508 e. The number of nitrogens with one attached hydrogen (secondary N) is 2. The lowest BCUT2D eigenvalue weighted by Gasteiger charge is -2.55. The molecule has 2 aromatic rings. The maximum Gasteiger partial charge on any atom is 0.334 e. The molecular weight excluding hydrogens is 512 g/mol. The average molecular weight is 549 g/mol. The molecule has 0 radical (unpaired) electrons. The second-order valence-electron chi connectivity index (χ2n) is 9.85. The molecule has 0 unspecified atom stereocenters. The molecule has 11 nitrogen and oxygen atoms in total. The smallest absolute Gasteiger partial charge is 0.334 e. The quantitative estimate of drug-likeness (QED) is 0.386. The summed E-state index contributed by atoms with van der Waals surface area (Å²) in [4.78, 5) is 56.0. The molecule has 2 aliphatic heterocycles. The van der Waals surface area contributed by atoms with Gasteiger partial charge in [-0.05, 0) is 29.7 Å². The van der Waals surface area contributed by atoms with Gasteiger partial charge >= 0.3 is 6.03 Å². The number of phenolic OH excluding ortho intramolecular Hbond substituents is 1. The molecule has 2 fully saturated rings. The maximum absolute atomic E-state index is 13.8. The summed E-state index contributed by atoms with van der Waals surface area (Å²) >= 11 is 0. The Balaban J connectivity index is 1.64. The molecule has 3 N–H and O–H groups in total. The third-order valence-corrected chi connectivity index (χ3v) is 7.14. The van der Waals surface area contributed by atoms with Crippen LogP contribution in [0.2, 0.25) is 0 Å². The predicted octanol–water partition coefficient (Wildman–Crippen LogP) is 1.45. The Labute approximate surface area is 234 Å². The minimum absolute atomic E-state index is 0.0860. The van der Waals surface area contributed by atoms with Gasteiger partial charge in [0, 0.05) is 39.5 Å². The van der Waals surface area contributed by atoms with Gasteiger partial charge in [0.2, 0.25) is 17.7 Å². The van der Waals surface area contributed by atoms with E-state index in [9.17, 15) is 24.3 Å². The Morgan fingerprint density at radius 3 is 2.48 bits per heavy atom. The zero-order valence-electron chi connectivity index (χ0n) is 22.7. The van der Waals surface area contributed by atoms with Gasteiger partial charge in [0.1, 0.15) is 18.0 Å². The summed E-state index contributed by atoms with van der Waals surface area (Å²) in [5.74, 6) is -0.529. The van der Waals surface area contributed by atoms with Gasteiger partial charge in [-0.1, -0.05) is 48.5 Å². The molecular formula is C29H36N6O5. The summed E-state index contributed by atoms with van der Waals surface area (Å²) in [7, 11) is 1.56. The molecule has 212 valence electrons. The number of hydrogen-bond donors (Lipinski definition) is 3. The largest absolute Gasteiger partial charge is 0.508 e. The normalized spacial score (nSPS) is 19.3. The van der Waals surface area contributed by atoms with Gasteiger partial charge in [0.25, 0.3) is 0 Å². The molecule has 2 aromatic carbocycles. The van der Waals surface area contributed by atoms with Crippen molar-refractivity contribution in [1.82, 2.24) is 30.5 Å². The van der Waals surface area contributed by atoms with Crippen LogP contribution in [0.3, 0.4) is 0 Å². The van der Waals surface area contributed by atoms with E-state index in [0.29, 0.717) is 19.5 Å². The topological polar surface area (TPSA) is 126 Å². The molecule has 2 atom stereocenters. The van der Waals surface area contributed by atoms with Crippen LogP contribution in [-0.4, -0.2) is 94.1 Å². The van der Waals surface area contributed by atoms with Gasteiger partial charge in [-0.15, -0.1) is 6.58 Å². The first-order valence-electron chi connectivity index (χ1n) is 13.4. The van der Waals surface area contributed by atoms with E-state index >= 15 is 0 Å². The van der Waals surface area contributed by atoms with Gasteiger partial charge < -0.3 is 25.5 Å². The third kappa shape index (κ3) is 6.60. The van der Waals surface area contributed by atoms with Gasteiger partial charge in [0.05, 0.1) is 13.1 Å². The van der Waals surface area contributed by atoms with Crippen molar-refractivity contribution in [2.45, 2.75) is 38.0 Å². The number of carbonyl (C=O) groups excluding carboxylic acids is 4. The van der Waals surface area contributed by atoms with Crippen LogP contribution < -0.4 is 10.6 Å². The number of carbonyl (C=O) groups is 4. The van der Waals surface area contributed by atoms with Gasteiger partial charge in [-0.2, -0.15) is 0 Å². The first-order chi connectivity index (χ1) is 19.3. The number of phenols is 1. The molecule has 0 saturated carbocycles. The fraction of sp³-hybridized carbons (Fsp3) is 0.379. The summed E-state index contributed by atoms with van der Waals surface area (Å²) in [5, 5.41) is 18.4. The number of hydrazine groups is 1. The number of urea groups is 1. The van der Waals surface area contributed by atoms with Crippen molar-refractivity contribution in [2.24, 2.45) is 0 Å². The second-order valence-corrected chi connectivity index (χ2v) is 9.85. The number of aromatic hydroxyl groups is 1. The van der Waals surface area contributed by atoms with E-state index in [4.69, 9.17) is 0 Å². The molecule has 2 aliphatic rings. The standard InChI is InChI=1S/C29H36N6O5/c1-3-15-33-20-27(38)34-24(17-21-11-13-23(36)14-12-21)28(39)32(16-7-10-25(37)30-2)19-26(34)35(33)29(40)31-18-22-8-5-4-6-9-22/h3-6,8-9,11-14,24,26,36H,1,7,10,15-20H2,2H3,(H,30,37)(H,31,40)/t24-,26-/m0/s1. The van der Waals surface area contributed by atoms with Crippen LogP contribution in [0.5, 0.6) is 5.75 Å². The number of hydrogen-bond acceptors (Lipinski definition) is 6. The SMILES string of the molecule is C=CCN1CC(=O)N2[C@@H](Cc3ccc(O)cc3)C(=O)N(CCCC(=O)NC)C[C@@H]2N1C(=O)NCc1ccccc1. The molecule has 0 aliphatic carbocycles. The summed E-state index contributed by atoms with van der Waals surface area (Å²) in [5.41, 5.74) is 1.69. The first-order valence-corrected chi connectivity index (χ1v) is 13.4. The summed E-state index contributed by atoms with van der Waals surface area (Å²) in [6, 6.07) is 14.8. The Bertz CT molecular complexity index is 1220. The van der Waals surface area contributed by atoms with Crippen molar-refractivity contribution in [2.75, 3.05) is 33.2 Å². The molecule has 0 spiro atoms. The van der Waals surface area contributed by atoms with Crippen molar-refractivity contribution < 1.29 is 24.3 Å². The van der Waals surface area contributed by atoms with Crippen LogP contribution in [0.15, 0.2) is 67.3 Å². The fourth-order valence-electron chi connectivity index (χ4n) is 5.17. The van der Waals surface area contributed by atoms with Crippen LogP contribution in [0.25, 0.3) is 0 Å². The number of fused-ring (bicyclic) bond motifs is 1. The van der Waals surface area contributed by atoms with E-state index in [1.807, 2.05) is 30.3 Å². The van der Waals surface area contributed by atoms with Gasteiger partial charge in [-0.25, -0.2) is 14.8 Å². The zero-order chi connectivity index (χ0) is 28.6. The monoisotopic (exact) mass is 548 g/mol. The van der Waals surface area contributed by atoms with E-state index in [0.717, 1.165) is 11.1 Å². The number of piperazine rings is 1. The molecule has 0 aromatic heterocycles. The highest BCUT2D eigenvalue weighted by atomic mass is 16.3. The number of amides is 5. The lowest BCUT2D eigenvalue weighted by molar-refractivity contribution is -0.189. The van der Waals surface area contributed by atoms with Crippen molar-refractivity contribution in [3.63, 3.8) is 0 Å². The number of benzene rings is 2. The van der Waals surface area contributed by atoms with Crippen LogP contribution >= 0.6 is 0 Å². The second kappa shape index (κ2) is 13.1. The maximum atomic E-state index is 13.8. The van der Waals surface area contributed by atoms with E-state index in [2.05, 4.69) is 17.2 Å². The average Bonchev–Trinajstić information content (AvgIpc) is 2.95. The van der Waals surface area contributed by atoms with Crippen LogP contribution in [0.1, 0.15) is 24.0 Å².